The average molecular weight is 239 g/mol. The molecule has 4 heteroatoms. The summed E-state index contributed by atoms with van der Waals surface area (Å²) in [5, 5.41) is 12.1. The van der Waals surface area contributed by atoms with E-state index in [2.05, 4.69) is 5.32 Å². The second kappa shape index (κ2) is 5.47. The molecule has 2 rings (SSSR count). The van der Waals surface area contributed by atoms with Crippen molar-refractivity contribution in [3.63, 3.8) is 0 Å². The summed E-state index contributed by atoms with van der Waals surface area (Å²) >= 11 is 0. The lowest BCUT2D eigenvalue weighted by Crippen LogP contribution is -2.25. The van der Waals surface area contributed by atoms with Crippen LogP contribution < -0.4 is 10.1 Å². The number of aliphatic hydroxyl groups excluding tert-OH is 1. The third kappa shape index (κ3) is 2.96. The molecule has 1 aromatic rings. The van der Waals surface area contributed by atoms with Gasteiger partial charge in [-0.15, -0.1) is 0 Å². The molecule has 0 bridgehead atoms. The van der Waals surface area contributed by atoms with Crippen LogP contribution in [0.25, 0.3) is 0 Å². The molecule has 0 aliphatic carbocycles. The van der Waals surface area contributed by atoms with Crippen LogP contribution in [-0.2, 0) is 6.42 Å². The maximum Gasteiger partial charge on any atom is 0.165 e. The second-order valence-corrected chi connectivity index (χ2v) is 4.38. The van der Waals surface area contributed by atoms with E-state index in [-0.39, 0.29) is 24.6 Å². The van der Waals surface area contributed by atoms with Gasteiger partial charge < -0.3 is 15.2 Å². The Labute approximate surface area is 101 Å². The Morgan fingerprint density at radius 2 is 2.35 bits per heavy atom. The molecule has 0 radical (unpaired) electrons. The molecule has 1 aliphatic rings. The fourth-order valence-electron chi connectivity index (χ4n) is 2.05. The van der Waals surface area contributed by atoms with Gasteiger partial charge in [-0.3, -0.25) is 0 Å². The quantitative estimate of drug-likeness (QED) is 0.836. The Morgan fingerprint density at radius 1 is 1.53 bits per heavy atom. The number of aryl methyl sites for hydroxylation is 1. The van der Waals surface area contributed by atoms with E-state index in [9.17, 15) is 4.39 Å². The lowest BCUT2D eigenvalue weighted by Gasteiger charge is -2.14. The lowest BCUT2D eigenvalue weighted by molar-refractivity contribution is 0.199. The minimum absolute atomic E-state index is 0.0610. The molecule has 1 aromatic carbocycles. The number of aliphatic hydroxyl groups is 1. The van der Waals surface area contributed by atoms with Crippen molar-refractivity contribution < 1.29 is 14.2 Å². The molecular formula is C13H18FNO2. The van der Waals surface area contributed by atoms with Gasteiger partial charge in [-0.25, -0.2) is 4.39 Å². The first kappa shape index (κ1) is 12.3. The SMILES string of the molecule is CCc1ccc(O[C@H]2CN[C@H](CO)C2)c(F)c1. The molecule has 2 atom stereocenters. The van der Waals surface area contributed by atoms with Crippen LogP contribution in [0.3, 0.4) is 0 Å². The fraction of sp³-hybridized carbons (Fsp3) is 0.538. The first-order chi connectivity index (χ1) is 8.22. The van der Waals surface area contributed by atoms with Gasteiger partial charge in [0.05, 0.1) is 6.61 Å². The normalized spacial score (nSPS) is 23.9. The lowest BCUT2D eigenvalue weighted by atomic mass is 10.1. The molecule has 0 amide bonds. The molecule has 3 nitrogen and oxygen atoms in total. The van der Waals surface area contributed by atoms with E-state index in [0.29, 0.717) is 18.7 Å². The van der Waals surface area contributed by atoms with Crippen LogP contribution in [0.4, 0.5) is 4.39 Å². The van der Waals surface area contributed by atoms with Crippen LogP contribution in [0, 0.1) is 5.82 Å². The van der Waals surface area contributed by atoms with Crippen molar-refractivity contribution in [2.75, 3.05) is 13.2 Å². The predicted molar refractivity (Wildman–Crippen MR) is 63.7 cm³/mol. The second-order valence-electron chi connectivity index (χ2n) is 4.38. The van der Waals surface area contributed by atoms with Gasteiger partial charge in [0.25, 0.3) is 0 Å². The molecule has 1 fully saturated rings. The largest absolute Gasteiger partial charge is 0.486 e. The number of hydrogen-bond acceptors (Lipinski definition) is 3. The summed E-state index contributed by atoms with van der Waals surface area (Å²) in [5.74, 6) is -0.00983. The topological polar surface area (TPSA) is 41.5 Å². The van der Waals surface area contributed by atoms with E-state index in [1.165, 1.54) is 6.07 Å². The number of nitrogens with one attached hydrogen (secondary N) is 1. The first-order valence-electron chi connectivity index (χ1n) is 6.02. The van der Waals surface area contributed by atoms with Crippen molar-refractivity contribution in [3.8, 4) is 5.75 Å². The standard InChI is InChI=1S/C13H18FNO2/c1-2-9-3-4-13(12(14)5-9)17-11-6-10(8-16)15-7-11/h3-5,10-11,15-16H,2,6-8H2,1H3/t10-,11+/m0/s1. The number of halogens is 1. The van der Waals surface area contributed by atoms with Crippen LogP contribution in [-0.4, -0.2) is 30.4 Å². The summed E-state index contributed by atoms with van der Waals surface area (Å²) in [5.41, 5.74) is 0.965. The first-order valence-corrected chi connectivity index (χ1v) is 6.02. The van der Waals surface area contributed by atoms with E-state index in [0.717, 1.165) is 12.0 Å². The molecule has 0 spiro atoms. The van der Waals surface area contributed by atoms with E-state index in [1.807, 2.05) is 13.0 Å². The molecule has 94 valence electrons. The van der Waals surface area contributed by atoms with E-state index in [1.54, 1.807) is 6.07 Å². The molecule has 1 saturated heterocycles. The summed E-state index contributed by atoms with van der Waals surface area (Å²) in [6.45, 7) is 2.74. The van der Waals surface area contributed by atoms with Gasteiger partial charge in [0.15, 0.2) is 11.6 Å². The van der Waals surface area contributed by atoms with E-state index < -0.39 is 0 Å². The molecule has 17 heavy (non-hydrogen) atoms. The predicted octanol–water partition coefficient (Wildman–Crippen LogP) is 1.49. The Hall–Kier alpha value is -1.13. The molecule has 2 N–H and O–H groups in total. The Kier molecular flexibility index (Phi) is 3.97. The number of hydrogen-bond donors (Lipinski definition) is 2. The highest BCUT2D eigenvalue weighted by Crippen LogP contribution is 2.22. The zero-order valence-corrected chi connectivity index (χ0v) is 9.95. The summed E-state index contributed by atoms with van der Waals surface area (Å²) in [6.07, 6.45) is 1.47. The van der Waals surface area contributed by atoms with Crippen molar-refractivity contribution >= 4 is 0 Å². The van der Waals surface area contributed by atoms with Crippen LogP contribution in [0.15, 0.2) is 18.2 Å². The van der Waals surface area contributed by atoms with Gasteiger partial charge in [0, 0.05) is 19.0 Å². The van der Waals surface area contributed by atoms with Crippen LogP contribution in [0.2, 0.25) is 0 Å². The third-order valence-electron chi connectivity index (χ3n) is 3.10. The zero-order valence-electron chi connectivity index (χ0n) is 9.95. The summed E-state index contributed by atoms with van der Waals surface area (Å²) in [6, 6.07) is 5.14. The van der Waals surface area contributed by atoms with Crippen molar-refractivity contribution in [3.05, 3.63) is 29.6 Å². The van der Waals surface area contributed by atoms with Gasteiger partial charge >= 0.3 is 0 Å². The molecule has 0 aromatic heterocycles. The van der Waals surface area contributed by atoms with E-state index >= 15 is 0 Å². The number of ether oxygens (including phenoxy) is 1. The van der Waals surface area contributed by atoms with Crippen molar-refractivity contribution in [1.29, 1.82) is 0 Å². The maximum atomic E-state index is 13.7. The highest BCUT2D eigenvalue weighted by Gasteiger charge is 2.25. The minimum Gasteiger partial charge on any atom is -0.486 e. The third-order valence-corrected chi connectivity index (χ3v) is 3.10. The van der Waals surface area contributed by atoms with Gasteiger partial charge in [-0.2, -0.15) is 0 Å². The highest BCUT2D eigenvalue weighted by atomic mass is 19.1. The molecular weight excluding hydrogens is 221 g/mol. The number of rotatable bonds is 4. The monoisotopic (exact) mass is 239 g/mol. The smallest absolute Gasteiger partial charge is 0.165 e. The molecule has 0 saturated carbocycles. The Morgan fingerprint density at radius 3 is 2.94 bits per heavy atom. The van der Waals surface area contributed by atoms with Crippen LogP contribution in [0.5, 0.6) is 5.75 Å². The maximum absolute atomic E-state index is 13.7. The van der Waals surface area contributed by atoms with Crippen molar-refractivity contribution in [2.24, 2.45) is 0 Å². The number of benzene rings is 1. The summed E-state index contributed by atoms with van der Waals surface area (Å²) in [7, 11) is 0. The van der Waals surface area contributed by atoms with Crippen molar-refractivity contribution in [1.82, 2.24) is 5.32 Å². The zero-order chi connectivity index (χ0) is 12.3. The minimum atomic E-state index is -0.309. The van der Waals surface area contributed by atoms with Gasteiger partial charge in [-0.05, 0) is 24.1 Å². The van der Waals surface area contributed by atoms with Gasteiger partial charge in [-0.1, -0.05) is 13.0 Å². The van der Waals surface area contributed by atoms with E-state index in [4.69, 9.17) is 9.84 Å². The fourth-order valence-corrected chi connectivity index (χ4v) is 2.05. The highest BCUT2D eigenvalue weighted by molar-refractivity contribution is 5.29. The van der Waals surface area contributed by atoms with Gasteiger partial charge in [0.2, 0.25) is 0 Å². The Balaban J connectivity index is 1.99. The summed E-state index contributed by atoms with van der Waals surface area (Å²) < 4.78 is 19.3. The molecule has 0 unspecified atom stereocenters. The summed E-state index contributed by atoms with van der Waals surface area (Å²) in [4.78, 5) is 0. The van der Waals surface area contributed by atoms with Gasteiger partial charge in [0.1, 0.15) is 6.10 Å². The van der Waals surface area contributed by atoms with Crippen molar-refractivity contribution in [2.45, 2.75) is 31.9 Å². The Bertz CT molecular complexity index is 384. The molecule has 1 aliphatic heterocycles. The van der Waals surface area contributed by atoms with Crippen LogP contribution >= 0.6 is 0 Å². The average Bonchev–Trinajstić information content (AvgIpc) is 2.79. The van der Waals surface area contributed by atoms with Crippen LogP contribution in [0.1, 0.15) is 18.9 Å². The molecule has 1 heterocycles.